The smallest absolute Gasteiger partial charge is 0.221 e. The molecule has 0 saturated carbocycles. The van der Waals surface area contributed by atoms with Gasteiger partial charge in [-0.25, -0.2) is 0 Å². The van der Waals surface area contributed by atoms with Crippen molar-refractivity contribution in [1.29, 1.82) is 0 Å². The highest BCUT2D eigenvalue weighted by molar-refractivity contribution is 9.10. The molecular formula is C19H27BrN2OS. The molecule has 132 valence electrons. The Kier molecular flexibility index (Phi) is 8.36. The summed E-state index contributed by atoms with van der Waals surface area (Å²) >= 11 is 5.17. The van der Waals surface area contributed by atoms with Crippen molar-refractivity contribution < 1.29 is 4.79 Å². The number of nitrogens with one attached hydrogen (secondary N) is 1. The van der Waals surface area contributed by atoms with Gasteiger partial charge in [0.05, 0.1) is 0 Å². The van der Waals surface area contributed by atoms with Gasteiger partial charge >= 0.3 is 0 Å². The van der Waals surface area contributed by atoms with E-state index < -0.39 is 0 Å². The molecule has 1 N–H and O–H groups in total. The van der Waals surface area contributed by atoms with E-state index in [1.165, 1.54) is 10.5 Å². The lowest BCUT2D eigenvalue weighted by molar-refractivity contribution is -0.121. The van der Waals surface area contributed by atoms with Gasteiger partial charge < -0.3 is 5.32 Å². The first-order valence-electron chi connectivity index (χ1n) is 8.56. The summed E-state index contributed by atoms with van der Waals surface area (Å²) < 4.78 is 1.08. The van der Waals surface area contributed by atoms with E-state index >= 15 is 0 Å². The Morgan fingerprint density at radius 1 is 1.29 bits per heavy atom. The summed E-state index contributed by atoms with van der Waals surface area (Å²) in [7, 11) is 0. The van der Waals surface area contributed by atoms with Crippen LogP contribution in [0.15, 0.2) is 45.3 Å². The summed E-state index contributed by atoms with van der Waals surface area (Å²) in [5, 5.41) is 3.20. The van der Waals surface area contributed by atoms with E-state index in [-0.39, 0.29) is 5.91 Å². The fourth-order valence-electron chi connectivity index (χ4n) is 2.66. The molecule has 0 atom stereocenters. The number of carbonyl (C=O) groups excluding carboxylic acids is 1. The maximum Gasteiger partial charge on any atom is 0.221 e. The van der Waals surface area contributed by atoms with Crippen LogP contribution >= 0.6 is 27.7 Å². The first-order chi connectivity index (χ1) is 11.5. The number of hydrogen-bond donors (Lipinski definition) is 1. The Bertz CT molecular complexity index is 547. The minimum atomic E-state index is 0.183. The summed E-state index contributed by atoms with van der Waals surface area (Å²) in [5.74, 6) is 1.01. The van der Waals surface area contributed by atoms with Crippen LogP contribution < -0.4 is 5.32 Å². The molecule has 2 rings (SSSR count). The van der Waals surface area contributed by atoms with Crippen LogP contribution in [0.1, 0.15) is 33.1 Å². The number of halogens is 1. The molecule has 24 heavy (non-hydrogen) atoms. The Labute approximate surface area is 158 Å². The van der Waals surface area contributed by atoms with Gasteiger partial charge in [0, 0.05) is 47.2 Å². The Morgan fingerprint density at radius 3 is 2.58 bits per heavy atom. The molecule has 1 aliphatic rings. The fourth-order valence-corrected chi connectivity index (χ4v) is 3.78. The van der Waals surface area contributed by atoms with Crippen molar-refractivity contribution >= 4 is 33.6 Å². The van der Waals surface area contributed by atoms with Gasteiger partial charge in [0.1, 0.15) is 0 Å². The Balaban J connectivity index is 1.61. The van der Waals surface area contributed by atoms with Gasteiger partial charge in [0.15, 0.2) is 0 Å². The minimum Gasteiger partial charge on any atom is -0.353 e. The van der Waals surface area contributed by atoms with Crippen molar-refractivity contribution in [1.82, 2.24) is 10.2 Å². The van der Waals surface area contributed by atoms with Crippen LogP contribution in [0, 0.1) is 0 Å². The number of hydrogen-bond acceptors (Lipinski definition) is 3. The minimum absolute atomic E-state index is 0.183. The molecule has 1 aromatic rings. The quantitative estimate of drug-likeness (QED) is 0.531. The number of carbonyl (C=O) groups is 1. The largest absolute Gasteiger partial charge is 0.353 e. The predicted molar refractivity (Wildman–Crippen MR) is 107 cm³/mol. The standard InChI is InChI=1S/C19H27BrN2OS/c1-15(2)7-11-22-12-8-17(9-13-22)21-19(23)10-14-24-18-5-3-16(20)4-6-18/h3-7,17H,8-14H2,1-2H3,(H,21,23). The third-order valence-corrected chi connectivity index (χ3v) is 5.66. The fraction of sp³-hybridized carbons (Fsp3) is 0.526. The van der Waals surface area contributed by atoms with Crippen LogP contribution in [0.25, 0.3) is 0 Å². The lowest BCUT2D eigenvalue weighted by Crippen LogP contribution is -2.44. The summed E-state index contributed by atoms with van der Waals surface area (Å²) in [4.78, 5) is 15.8. The second-order valence-electron chi connectivity index (χ2n) is 6.48. The molecule has 0 bridgehead atoms. The summed E-state index contributed by atoms with van der Waals surface area (Å²) in [6.45, 7) is 7.45. The van der Waals surface area contributed by atoms with Crippen LogP contribution in [0.3, 0.4) is 0 Å². The van der Waals surface area contributed by atoms with Crippen LogP contribution in [-0.2, 0) is 4.79 Å². The van der Waals surface area contributed by atoms with Gasteiger partial charge in [-0.05, 0) is 51.0 Å². The molecule has 1 fully saturated rings. The maximum atomic E-state index is 12.1. The van der Waals surface area contributed by atoms with E-state index in [1.54, 1.807) is 11.8 Å². The molecule has 1 saturated heterocycles. The Hall–Kier alpha value is -0.780. The second kappa shape index (κ2) is 10.3. The van der Waals surface area contributed by atoms with E-state index in [2.05, 4.69) is 58.2 Å². The molecule has 5 heteroatoms. The number of likely N-dealkylation sites (tertiary alicyclic amines) is 1. The Morgan fingerprint density at radius 2 is 1.96 bits per heavy atom. The van der Waals surface area contributed by atoms with E-state index in [9.17, 15) is 4.79 Å². The zero-order valence-electron chi connectivity index (χ0n) is 14.6. The van der Waals surface area contributed by atoms with Crippen molar-refractivity contribution in [3.05, 3.63) is 40.4 Å². The molecule has 1 amide bonds. The number of nitrogens with zero attached hydrogens (tertiary/aromatic N) is 1. The maximum absolute atomic E-state index is 12.1. The van der Waals surface area contributed by atoms with Gasteiger partial charge in [-0.3, -0.25) is 9.69 Å². The van der Waals surface area contributed by atoms with Crippen molar-refractivity contribution in [3.63, 3.8) is 0 Å². The summed E-state index contributed by atoms with van der Waals surface area (Å²) in [6.07, 6.45) is 4.97. The summed E-state index contributed by atoms with van der Waals surface area (Å²) in [6, 6.07) is 8.57. The highest BCUT2D eigenvalue weighted by Crippen LogP contribution is 2.21. The summed E-state index contributed by atoms with van der Waals surface area (Å²) in [5.41, 5.74) is 1.37. The molecule has 0 unspecified atom stereocenters. The number of amides is 1. The normalized spacial score (nSPS) is 16.0. The van der Waals surface area contributed by atoms with Crippen molar-refractivity contribution in [2.45, 2.75) is 44.0 Å². The number of allylic oxidation sites excluding steroid dienone is 1. The van der Waals surface area contributed by atoms with Gasteiger partial charge in [0.2, 0.25) is 5.91 Å². The van der Waals surface area contributed by atoms with Gasteiger partial charge in [-0.15, -0.1) is 11.8 Å². The van der Waals surface area contributed by atoms with Gasteiger partial charge in [0.25, 0.3) is 0 Å². The van der Waals surface area contributed by atoms with Gasteiger partial charge in [-0.2, -0.15) is 0 Å². The molecule has 1 heterocycles. The number of thioether (sulfide) groups is 1. The van der Waals surface area contributed by atoms with Crippen molar-refractivity contribution in [2.24, 2.45) is 0 Å². The average Bonchev–Trinajstić information content (AvgIpc) is 2.56. The monoisotopic (exact) mass is 410 g/mol. The number of rotatable bonds is 7. The first-order valence-corrected chi connectivity index (χ1v) is 10.3. The lowest BCUT2D eigenvalue weighted by atomic mass is 10.0. The van der Waals surface area contributed by atoms with Crippen LogP contribution in [-0.4, -0.2) is 42.2 Å². The molecule has 1 aliphatic heterocycles. The second-order valence-corrected chi connectivity index (χ2v) is 8.56. The first kappa shape index (κ1) is 19.5. The van der Waals surface area contributed by atoms with E-state index in [0.717, 1.165) is 42.7 Å². The average molecular weight is 411 g/mol. The molecule has 0 aromatic heterocycles. The lowest BCUT2D eigenvalue weighted by Gasteiger charge is -2.31. The van der Waals surface area contributed by atoms with E-state index in [4.69, 9.17) is 0 Å². The zero-order chi connectivity index (χ0) is 17.4. The number of piperidine rings is 1. The topological polar surface area (TPSA) is 32.3 Å². The third-order valence-electron chi connectivity index (χ3n) is 4.12. The third kappa shape index (κ3) is 7.41. The van der Waals surface area contributed by atoms with Crippen molar-refractivity contribution in [2.75, 3.05) is 25.4 Å². The predicted octanol–water partition coefficient (Wildman–Crippen LogP) is 4.48. The molecular weight excluding hydrogens is 384 g/mol. The molecule has 0 spiro atoms. The zero-order valence-corrected chi connectivity index (χ0v) is 17.0. The highest BCUT2D eigenvalue weighted by Gasteiger charge is 2.19. The van der Waals surface area contributed by atoms with Crippen LogP contribution in [0.4, 0.5) is 0 Å². The van der Waals surface area contributed by atoms with Crippen LogP contribution in [0.5, 0.6) is 0 Å². The SMILES string of the molecule is CC(C)=CCN1CCC(NC(=O)CCSc2ccc(Br)cc2)CC1. The highest BCUT2D eigenvalue weighted by atomic mass is 79.9. The van der Waals surface area contributed by atoms with Crippen LogP contribution in [0.2, 0.25) is 0 Å². The van der Waals surface area contributed by atoms with E-state index in [0.29, 0.717) is 12.5 Å². The molecule has 0 aliphatic carbocycles. The molecule has 0 radical (unpaired) electrons. The van der Waals surface area contributed by atoms with E-state index in [1.807, 2.05) is 12.1 Å². The number of benzene rings is 1. The van der Waals surface area contributed by atoms with Gasteiger partial charge in [-0.1, -0.05) is 27.6 Å². The molecule has 3 nitrogen and oxygen atoms in total. The molecule has 1 aromatic carbocycles. The van der Waals surface area contributed by atoms with Crippen molar-refractivity contribution in [3.8, 4) is 0 Å².